The summed E-state index contributed by atoms with van der Waals surface area (Å²) in [5.41, 5.74) is 2.25. The summed E-state index contributed by atoms with van der Waals surface area (Å²) in [6.45, 7) is 4.08. The molecule has 1 amide bonds. The summed E-state index contributed by atoms with van der Waals surface area (Å²) >= 11 is 1.46. The van der Waals surface area contributed by atoms with Crippen molar-refractivity contribution < 1.29 is 4.79 Å². The Morgan fingerprint density at radius 2 is 1.24 bits per heavy atom. The van der Waals surface area contributed by atoms with E-state index in [9.17, 15) is 4.79 Å². The van der Waals surface area contributed by atoms with Crippen molar-refractivity contribution in [3.8, 4) is 0 Å². The zero-order valence-electron chi connectivity index (χ0n) is 16.7. The molecule has 3 aromatic carbocycles. The van der Waals surface area contributed by atoms with Gasteiger partial charge >= 0.3 is 0 Å². The molecule has 0 aliphatic carbocycles. The van der Waals surface area contributed by atoms with E-state index in [4.69, 9.17) is 0 Å². The molecule has 0 radical (unpaired) electrons. The van der Waals surface area contributed by atoms with Crippen LogP contribution in [0.4, 0.5) is 0 Å². The van der Waals surface area contributed by atoms with Gasteiger partial charge in [-0.05, 0) is 37.1 Å². The molecule has 0 heterocycles. The number of hydrogen-bond acceptors (Lipinski definition) is 3. The van der Waals surface area contributed by atoms with Crippen LogP contribution in [0.15, 0.2) is 107 Å². The van der Waals surface area contributed by atoms with E-state index in [1.54, 1.807) is 0 Å². The predicted molar refractivity (Wildman–Crippen MR) is 121 cm³/mol. The van der Waals surface area contributed by atoms with Gasteiger partial charge in [0.1, 0.15) is 0 Å². The summed E-state index contributed by atoms with van der Waals surface area (Å²) in [5, 5.41) is 6.48. The van der Waals surface area contributed by atoms with Crippen molar-refractivity contribution in [2.45, 2.75) is 30.8 Å². The van der Waals surface area contributed by atoms with Gasteiger partial charge in [0.2, 0.25) is 0 Å². The summed E-state index contributed by atoms with van der Waals surface area (Å²) in [6.07, 6.45) is 1.82. The topological polar surface area (TPSA) is 41.1 Å². The molecule has 2 atom stereocenters. The molecule has 0 bridgehead atoms. The summed E-state index contributed by atoms with van der Waals surface area (Å²) in [7, 11) is 0. The Morgan fingerprint density at radius 3 is 1.79 bits per heavy atom. The molecule has 0 aromatic heterocycles. The Labute approximate surface area is 177 Å². The number of benzene rings is 3. The fourth-order valence-electron chi connectivity index (χ4n) is 2.89. The summed E-state index contributed by atoms with van der Waals surface area (Å²) in [4.78, 5) is 14.7. The maximum Gasteiger partial charge on any atom is 0.260 e. The SMILES string of the molecule is CC(N/C=C(/Sc1ccccc1)C(=O)N[C@@H](C)c1ccccc1)c1ccccc1. The van der Waals surface area contributed by atoms with Gasteiger partial charge in [-0.25, -0.2) is 0 Å². The van der Waals surface area contributed by atoms with E-state index in [2.05, 4.69) is 29.7 Å². The fraction of sp³-hybridized carbons (Fsp3) is 0.160. The zero-order valence-corrected chi connectivity index (χ0v) is 17.5. The molecule has 0 fully saturated rings. The highest BCUT2D eigenvalue weighted by Crippen LogP contribution is 2.27. The van der Waals surface area contributed by atoms with Crippen LogP contribution in [0.3, 0.4) is 0 Å². The molecule has 0 aliphatic rings. The first-order chi connectivity index (χ1) is 14.1. The van der Waals surface area contributed by atoms with Gasteiger partial charge in [0.15, 0.2) is 0 Å². The lowest BCUT2D eigenvalue weighted by atomic mass is 10.1. The molecule has 29 heavy (non-hydrogen) atoms. The Bertz CT molecular complexity index is 927. The van der Waals surface area contributed by atoms with Crippen molar-refractivity contribution in [2.75, 3.05) is 0 Å². The maximum absolute atomic E-state index is 13.0. The highest BCUT2D eigenvalue weighted by molar-refractivity contribution is 8.04. The molecular formula is C25H26N2OS. The van der Waals surface area contributed by atoms with Crippen LogP contribution >= 0.6 is 11.8 Å². The summed E-state index contributed by atoms with van der Waals surface area (Å²) < 4.78 is 0. The van der Waals surface area contributed by atoms with Crippen LogP contribution in [0, 0.1) is 0 Å². The Kier molecular flexibility index (Phi) is 7.54. The third kappa shape index (κ3) is 6.26. The smallest absolute Gasteiger partial charge is 0.260 e. The van der Waals surface area contributed by atoms with E-state index >= 15 is 0 Å². The number of carbonyl (C=O) groups excluding carboxylic acids is 1. The van der Waals surface area contributed by atoms with Crippen molar-refractivity contribution in [1.29, 1.82) is 0 Å². The average molecular weight is 403 g/mol. The van der Waals surface area contributed by atoms with Gasteiger partial charge in [0.25, 0.3) is 5.91 Å². The first-order valence-electron chi connectivity index (χ1n) is 9.73. The summed E-state index contributed by atoms with van der Waals surface area (Å²) in [5.74, 6) is -0.0945. The third-order valence-electron chi connectivity index (χ3n) is 4.61. The van der Waals surface area contributed by atoms with E-state index in [0.717, 1.165) is 10.5 Å². The lowest BCUT2D eigenvalue weighted by molar-refractivity contribution is -0.117. The molecule has 0 aliphatic heterocycles. The highest BCUT2D eigenvalue weighted by atomic mass is 32.2. The summed E-state index contributed by atoms with van der Waals surface area (Å²) in [6, 6.07) is 30.1. The Balaban J connectivity index is 1.75. The van der Waals surface area contributed by atoms with Crippen molar-refractivity contribution >= 4 is 17.7 Å². The molecule has 2 N–H and O–H groups in total. The van der Waals surface area contributed by atoms with Gasteiger partial charge < -0.3 is 10.6 Å². The van der Waals surface area contributed by atoms with Gasteiger partial charge in [-0.15, -0.1) is 0 Å². The molecule has 4 heteroatoms. The minimum atomic E-state index is -0.0945. The molecule has 0 saturated carbocycles. The van der Waals surface area contributed by atoms with Crippen LogP contribution in [-0.4, -0.2) is 5.91 Å². The second-order valence-corrected chi connectivity index (χ2v) is 7.94. The second kappa shape index (κ2) is 10.5. The van der Waals surface area contributed by atoms with Crippen LogP contribution in [0.25, 0.3) is 0 Å². The van der Waals surface area contributed by atoms with E-state index < -0.39 is 0 Å². The molecule has 3 aromatic rings. The number of thioether (sulfide) groups is 1. The predicted octanol–water partition coefficient (Wildman–Crippen LogP) is 5.85. The zero-order chi connectivity index (χ0) is 20.5. The van der Waals surface area contributed by atoms with Crippen molar-refractivity contribution in [1.82, 2.24) is 10.6 Å². The van der Waals surface area contributed by atoms with E-state index in [1.165, 1.54) is 17.3 Å². The molecule has 148 valence electrons. The van der Waals surface area contributed by atoms with Crippen LogP contribution in [-0.2, 0) is 4.79 Å². The fourth-order valence-corrected chi connectivity index (χ4v) is 3.71. The van der Waals surface area contributed by atoms with Gasteiger partial charge in [-0.3, -0.25) is 4.79 Å². The molecule has 0 spiro atoms. The molecule has 3 rings (SSSR count). The lowest BCUT2D eigenvalue weighted by Gasteiger charge is -2.17. The lowest BCUT2D eigenvalue weighted by Crippen LogP contribution is -2.28. The minimum absolute atomic E-state index is 0.0741. The number of rotatable bonds is 8. The third-order valence-corrected chi connectivity index (χ3v) is 5.64. The van der Waals surface area contributed by atoms with Crippen LogP contribution in [0.2, 0.25) is 0 Å². The largest absolute Gasteiger partial charge is 0.383 e. The quantitative estimate of drug-likeness (QED) is 0.367. The average Bonchev–Trinajstić information content (AvgIpc) is 2.78. The maximum atomic E-state index is 13.0. The second-order valence-electron chi connectivity index (χ2n) is 6.83. The van der Waals surface area contributed by atoms with Crippen LogP contribution in [0.1, 0.15) is 37.1 Å². The molecule has 1 unspecified atom stereocenters. The molecule has 0 saturated heterocycles. The number of nitrogens with one attached hydrogen (secondary N) is 2. The first-order valence-corrected chi connectivity index (χ1v) is 10.5. The van der Waals surface area contributed by atoms with Gasteiger partial charge in [0.05, 0.1) is 10.9 Å². The van der Waals surface area contributed by atoms with Gasteiger partial charge in [-0.2, -0.15) is 0 Å². The van der Waals surface area contributed by atoms with E-state index in [-0.39, 0.29) is 18.0 Å². The number of carbonyl (C=O) groups is 1. The van der Waals surface area contributed by atoms with E-state index in [1.807, 2.05) is 92.0 Å². The van der Waals surface area contributed by atoms with Gasteiger partial charge in [0, 0.05) is 17.1 Å². The van der Waals surface area contributed by atoms with Crippen LogP contribution < -0.4 is 10.6 Å². The van der Waals surface area contributed by atoms with Crippen molar-refractivity contribution in [2.24, 2.45) is 0 Å². The monoisotopic (exact) mass is 402 g/mol. The van der Waals surface area contributed by atoms with E-state index in [0.29, 0.717) is 4.91 Å². The molecular weight excluding hydrogens is 376 g/mol. The van der Waals surface area contributed by atoms with Crippen LogP contribution in [0.5, 0.6) is 0 Å². The van der Waals surface area contributed by atoms with Crippen molar-refractivity contribution in [3.63, 3.8) is 0 Å². The molecule has 3 nitrogen and oxygen atoms in total. The standard InChI is InChI=1S/C25H26N2OS/c1-19(21-12-6-3-7-13-21)26-18-24(29-23-16-10-5-11-17-23)25(28)27-20(2)22-14-8-4-9-15-22/h3-20,26H,1-2H3,(H,27,28)/b24-18+/t19?,20-/m0/s1. The number of hydrogen-bond donors (Lipinski definition) is 2. The number of amides is 1. The van der Waals surface area contributed by atoms with Gasteiger partial charge in [-0.1, -0.05) is 90.6 Å². The first kappa shape index (κ1) is 20.7. The Morgan fingerprint density at radius 1 is 0.759 bits per heavy atom. The Hall–Kier alpha value is -2.98. The highest BCUT2D eigenvalue weighted by Gasteiger charge is 2.16. The van der Waals surface area contributed by atoms with Crippen molar-refractivity contribution in [3.05, 3.63) is 113 Å². The normalized spacial score (nSPS) is 13.4. The minimum Gasteiger partial charge on any atom is -0.383 e.